The maximum atomic E-state index is 9.81. The van der Waals surface area contributed by atoms with Crippen molar-refractivity contribution in [2.45, 2.75) is 31.8 Å². The number of rotatable bonds is 2. The highest BCUT2D eigenvalue weighted by atomic mass is 16.5. The molecule has 0 spiro atoms. The van der Waals surface area contributed by atoms with Gasteiger partial charge in [0.1, 0.15) is 6.10 Å². The monoisotopic (exact) mass is 152 g/mol. The fourth-order valence-electron chi connectivity index (χ4n) is 1.38. The predicted octanol–water partition coefficient (Wildman–Crippen LogP) is 1.15. The van der Waals surface area contributed by atoms with Crippen molar-refractivity contribution >= 4 is 6.47 Å². The molecule has 1 fully saturated rings. The Kier molecular flexibility index (Phi) is 2.91. The van der Waals surface area contributed by atoms with Crippen LogP contribution in [-0.2, 0) is 9.53 Å². The highest BCUT2D eigenvalue weighted by molar-refractivity contribution is 5.38. The largest absolute Gasteiger partial charge is 0.454 e. The molecule has 0 heterocycles. The number of hydrogen-bond donors (Lipinski definition) is 0. The fourth-order valence-corrected chi connectivity index (χ4v) is 1.38. The molecule has 0 unspecified atom stereocenters. The third kappa shape index (κ3) is 2.23. The van der Waals surface area contributed by atoms with Gasteiger partial charge in [-0.15, -0.1) is 0 Å². The van der Waals surface area contributed by atoms with Crippen molar-refractivity contribution in [3.8, 4) is 6.07 Å². The van der Waals surface area contributed by atoms with Gasteiger partial charge in [0.15, 0.2) is 0 Å². The van der Waals surface area contributed by atoms with Gasteiger partial charge in [-0.05, 0) is 25.7 Å². The lowest BCUT2D eigenvalue weighted by Gasteiger charge is -2.22. The molecule has 1 saturated carbocycles. The molecule has 0 amide bonds. The van der Waals surface area contributed by atoms with Gasteiger partial charge in [0.05, 0.1) is 6.07 Å². The summed E-state index contributed by atoms with van der Waals surface area (Å²) >= 11 is 0. The Morgan fingerprint density at radius 2 is 1.91 bits per heavy atom. The lowest BCUT2D eigenvalue weighted by Crippen LogP contribution is -2.20. The highest BCUT2D eigenvalue weighted by Gasteiger charge is 2.21. The zero-order valence-electron chi connectivity index (χ0n) is 6.25. The third-order valence-electron chi connectivity index (χ3n) is 2.07. The molecule has 3 nitrogen and oxygen atoms in total. The zero-order chi connectivity index (χ0) is 8.10. The summed E-state index contributed by atoms with van der Waals surface area (Å²) < 4.78 is 4.66. The van der Waals surface area contributed by atoms with Gasteiger partial charge in [0, 0.05) is 5.92 Å². The standard InChI is InChI=1S/C8H10NO2/c9-5-7-1-3-8(4-2-7)11-6-10/h7-8H,1-4H2. The van der Waals surface area contributed by atoms with E-state index in [4.69, 9.17) is 5.26 Å². The first kappa shape index (κ1) is 8.06. The van der Waals surface area contributed by atoms with E-state index in [1.54, 1.807) is 0 Å². The van der Waals surface area contributed by atoms with E-state index in [0.29, 0.717) is 0 Å². The van der Waals surface area contributed by atoms with Gasteiger partial charge in [0.25, 0.3) is 0 Å². The molecule has 1 aliphatic rings. The minimum atomic E-state index is 0.0112. The maximum Gasteiger partial charge on any atom is 0.417 e. The van der Waals surface area contributed by atoms with Crippen molar-refractivity contribution in [1.29, 1.82) is 5.26 Å². The molecule has 59 valence electrons. The Bertz CT molecular complexity index is 165. The average Bonchev–Trinajstić information content (AvgIpc) is 2.07. The van der Waals surface area contributed by atoms with E-state index in [0.717, 1.165) is 25.7 Å². The van der Waals surface area contributed by atoms with Gasteiger partial charge in [0.2, 0.25) is 0 Å². The molecule has 0 saturated heterocycles. The normalized spacial score (nSPS) is 30.5. The van der Waals surface area contributed by atoms with E-state index < -0.39 is 0 Å². The van der Waals surface area contributed by atoms with Crippen molar-refractivity contribution in [3.05, 3.63) is 0 Å². The Hall–Kier alpha value is -1.04. The predicted molar refractivity (Wildman–Crippen MR) is 38.1 cm³/mol. The van der Waals surface area contributed by atoms with E-state index in [-0.39, 0.29) is 12.0 Å². The average molecular weight is 152 g/mol. The molecule has 0 atom stereocenters. The minimum Gasteiger partial charge on any atom is -0.454 e. The minimum absolute atomic E-state index is 0.0112. The molecule has 0 aliphatic heterocycles. The van der Waals surface area contributed by atoms with Crippen molar-refractivity contribution in [2.75, 3.05) is 0 Å². The van der Waals surface area contributed by atoms with Gasteiger partial charge < -0.3 is 4.74 Å². The smallest absolute Gasteiger partial charge is 0.417 e. The molecule has 0 N–H and O–H groups in total. The molecule has 0 aromatic rings. The van der Waals surface area contributed by atoms with E-state index >= 15 is 0 Å². The summed E-state index contributed by atoms with van der Waals surface area (Å²) in [5.41, 5.74) is 0. The van der Waals surface area contributed by atoms with Crippen LogP contribution in [0.4, 0.5) is 0 Å². The van der Waals surface area contributed by atoms with Crippen molar-refractivity contribution < 1.29 is 9.53 Å². The zero-order valence-corrected chi connectivity index (χ0v) is 6.25. The lowest BCUT2D eigenvalue weighted by molar-refractivity contribution is 0.124. The first-order valence-corrected chi connectivity index (χ1v) is 3.79. The number of ether oxygens (including phenoxy) is 1. The van der Waals surface area contributed by atoms with Crippen LogP contribution in [0, 0.1) is 17.2 Å². The van der Waals surface area contributed by atoms with E-state index in [2.05, 4.69) is 10.8 Å². The van der Waals surface area contributed by atoms with Gasteiger partial charge in [-0.25, -0.2) is 4.79 Å². The second-order valence-corrected chi connectivity index (χ2v) is 2.80. The van der Waals surface area contributed by atoms with Gasteiger partial charge in [-0.3, -0.25) is 0 Å². The quantitative estimate of drug-likeness (QED) is 0.596. The summed E-state index contributed by atoms with van der Waals surface area (Å²) in [7, 11) is 0. The van der Waals surface area contributed by atoms with Gasteiger partial charge in [-0.2, -0.15) is 5.26 Å². The molecule has 0 aromatic heterocycles. The Morgan fingerprint density at radius 1 is 1.27 bits per heavy atom. The topological polar surface area (TPSA) is 50.1 Å². The van der Waals surface area contributed by atoms with Crippen LogP contribution in [0.2, 0.25) is 0 Å². The van der Waals surface area contributed by atoms with E-state index in [1.807, 2.05) is 0 Å². The van der Waals surface area contributed by atoms with E-state index in [9.17, 15) is 4.79 Å². The van der Waals surface area contributed by atoms with Crippen LogP contribution in [-0.4, -0.2) is 12.6 Å². The molecule has 3 heteroatoms. The molecule has 1 rings (SSSR count). The van der Waals surface area contributed by atoms with Crippen molar-refractivity contribution in [1.82, 2.24) is 0 Å². The van der Waals surface area contributed by atoms with Crippen molar-refractivity contribution in [3.63, 3.8) is 0 Å². The van der Waals surface area contributed by atoms with Crippen LogP contribution in [0.3, 0.4) is 0 Å². The maximum absolute atomic E-state index is 9.81. The van der Waals surface area contributed by atoms with Gasteiger partial charge >= 0.3 is 6.47 Å². The Balaban J connectivity index is 2.25. The summed E-state index contributed by atoms with van der Waals surface area (Å²) in [4.78, 5) is 9.81. The summed E-state index contributed by atoms with van der Waals surface area (Å²) in [5, 5.41) is 8.54. The first-order valence-electron chi connectivity index (χ1n) is 3.79. The summed E-state index contributed by atoms with van der Waals surface area (Å²) in [6, 6.07) is 2.21. The number of nitrogens with zero attached hydrogens (tertiary/aromatic N) is 1. The summed E-state index contributed by atoms with van der Waals surface area (Å²) in [6.07, 6.45) is 3.34. The SMILES string of the molecule is N#CC1CCC(O[C]=O)CC1. The van der Waals surface area contributed by atoms with Crippen LogP contribution in [0.25, 0.3) is 0 Å². The second-order valence-electron chi connectivity index (χ2n) is 2.80. The Morgan fingerprint density at radius 3 is 2.36 bits per heavy atom. The molecular weight excluding hydrogens is 142 g/mol. The molecule has 0 bridgehead atoms. The van der Waals surface area contributed by atoms with Crippen LogP contribution in [0.15, 0.2) is 0 Å². The number of hydrogen-bond acceptors (Lipinski definition) is 3. The molecule has 1 radical (unpaired) electrons. The molecule has 1 aliphatic carbocycles. The highest BCUT2D eigenvalue weighted by Crippen LogP contribution is 2.24. The summed E-state index contributed by atoms with van der Waals surface area (Å²) in [5.74, 6) is 0.168. The number of carbonyl (C=O) groups excluding carboxylic acids is 1. The van der Waals surface area contributed by atoms with Crippen LogP contribution < -0.4 is 0 Å². The second kappa shape index (κ2) is 3.97. The fraction of sp³-hybridized carbons (Fsp3) is 0.750. The molecule has 11 heavy (non-hydrogen) atoms. The van der Waals surface area contributed by atoms with Crippen LogP contribution in [0.1, 0.15) is 25.7 Å². The van der Waals surface area contributed by atoms with Crippen LogP contribution >= 0.6 is 0 Å². The Labute approximate surface area is 66.0 Å². The third-order valence-corrected chi connectivity index (χ3v) is 2.07. The molecule has 0 aromatic carbocycles. The molecular formula is C8H10NO2. The van der Waals surface area contributed by atoms with Crippen LogP contribution in [0.5, 0.6) is 0 Å². The van der Waals surface area contributed by atoms with Crippen molar-refractivity contribution in [2.24, 2.45) is 5.92 Å². The number of nitriles is 1. The lowest BCUT2D eigenvalue weighted by atomic mass is 9.88. The van der Waals surface area contributed by atoms with E-state index in [1.165, 1.54) is 6.47 Å². The first-order chi connectivity index (χ1) is 5.36. The van der Waals surface area contributed by atoms with Gasteiger partial charge in [-0.1, -0.05) is 0 Å². The summed E-state index contributed by atoms with van der Waals surface area (Å²) in [6.45, 7) is 1.44.